The molecule has 7 heteroatoms. The quantitative estimate of drug-likeness (QED) is 0.163. The van der Waals surface area contributed by atoms with Gasteiger partial charge in [0.05, 0.1) is 24.8 Å². The lowest BCUT2D eigenvalue weighted by molar-refractivity contribution is -0.118. The standard InChI is InChI=1S/C16H29BrN4O2/c17-15(8-4-3-5-9-16(18)23)21-13-20(14-21)11-7-2-1-6-10-19-12-22/h15H,1-11,13-14H2,(H2,18,23). The molecule has 0 radical (unpaired) electrons. The Morgan fingerprint density at radius 2 is 1.83 bits per heavy atom. The fraction of sp³-hybridized carbons (Fsp3) is 0.875. The summed E-state index contributed by atoms with van der Waals surface area (Å²) in [7, 11) is 0. The Morgan fingerprint density at radius 1 is 1.13 bits per heavy atom. The Hall–Kier alpha value is -0.750. The molecular weight excluding hydrogens is 360 g/mol. The number of rotatable bonds is 14. The first-order valence-electron chi connectivity index (χ1n) is 8.56. The number of isocyanates is 1. The van der Waals surface area contributed by atoms with E-state index in [9.17, 15) is 9.59 Å². The summed E-state index contributed by atoms with van der Waals surface area (Å²) >= 11 is 3.75. The zero-order valence-corrected chi connectivity index (χ0v) is 15.5. The monoisotopic (exact) mass is 388 g/mol. The molecule has 2 N–H and O–H groups in total. The highest BCUT2D eigenvalue weighted by molar-refractivity contribution is 9.09. The van der Waals surface area contributed by atoms with Crippen molar-refractivity contribution in [3.8, 4) is 0 Å². The molecule has 132 valence electrons. The lowest BCUT2D eigenvalue weighted by Crippen LogP contribution is -2.57. The van der Waals surface area contributed by atoms with E-state index in [4.69, 9.17) is 5.73 Å². The third-order valence-corrected chi connectivity index (χ3v) is 5.12. The largest absolute Gasteiger partial charge is 0.370 e. The molecule has 0 saturated carbocycles. The van der Waals surface area contributed by atoms with E-state index in [1.807, 2.05) is 0 Å². The Morgan fingerprint density at radius 3 is 2.52 bits per heavy atom. The van der Waals surface area contributed by atoms with E-state index in [0.717, 1.165) is 58.4 Å². The molecule has 1 amide bonds. The molecule has 1 unspecified atom stereocenters. The molecule has 23 heavy (non-hydrogen) atoms. The number of nitrogens with two attached hydrogens (primary N) is 1. The molecule has 1 saturated heterocycles. The van der Waals surface area contributed by atoms with Gasteiger partial charge in [-0.25, -0.2) is 9.79 Å². The van der Waals surface area contributed by atoms with Gasteiger partial charge in [-0.1, -0.05) is 41.6 Å². The van der Waals surface area contributed by atoms with Gasteiger partial charge >= 0.3 is 0 Å². The van der Waals surface area contributed by atoms with E-state index in [2.05, 4.69) is 30.7 Å². The van der Waals surface area contributed by atoms with Gasteiger partial charge in [0.15, 0.2) is 0 Å². The van der Waals surface area contributed by atoms with E-state index < -0.39 is 0 Å². The van der Waals surface area contributed by atoms with Crippen LogP contribution in [0, 0.1) is 0 Å². The Balaban J connectivity index is 1.90. The van der Waals surface area contributed by atoms with Crippen LogP contribution in [0.4, 0.5) is 0 Å². The molecule has 6 nitrogen and oxygen atoms in total. The zero-order valence-electron chi connectivity index (χ0n) is 13.9. The summed E-state index contributed by atoms with van der Waals surface area (Å²) in [5, 5.41) is 0. The van der Waals surface area contributed by atoms with Gasteiger partial charge in [0.25, 0.3) is 0 Å². The number of alkyl halides is 1. The second kappa shape index (κ2) is 12.6. The highest BCUT2D eigenvalue weighted by Crippen LogP contribution is 2.22. The third-order valence-electron chi connectivity index (χ3n) is 4.08. The number of halogens is 1. The fourth-order valence-electron chi connectivity index (χ4n) is 2.69. The van der Waals surface area contributed by atoms with Crippen molar-refractivity contribution in [2.75, 3.05) is 26.4 Å². The maximum atomic E-state index is 10.6. The summed E-state index contributed by atoms with van der Waals surface area (Å²) in [5.74, 6) is -0.199. The highest BCUT2D eigenvalue weighted by atomic mass is 79.9. The SMILES string of the molecule is NC(=O)CCCCCC(Br)N1CN(CCCCCCN=C=O)C1. The minimum Gasteiger partial charge on any atom is -0.370 e. The van der Waals surface area contributed by atoms with Crippen molar-refractivity contribution in [1.29, 1.82) is 0 Å². The van der Waals surface area contributed by atoms with Crippen molar-refractivity contribution in [1.82, 2.24) is 9.80 Å². The first-order chi connectivity index (χ1) is 11.1. The van der Waals surface area contributed by atoms with Crippen LogP contribution in [0.5, 0.6) is 0 Å². The summed E-state index contributed by atoms with van der Waals surface area (Å²) in [6, 6.07) is 0. The predicted molar refractivity (Wildman–Crippen MR) is 94.7 cm³/mol. The van der Waals surface area contributed by atoms with Crippen molar-refractivity contribution in [2.24, 2.45) is 10.7 Å². The fourth-order valence-corrected chi connectivity index (χ4v) is 3.27. The number of amides is 1. The molecule has 1 rings (SSSR count). The van der Waals surface area contributed by atoms with Gasteiger partial charge in [0.2, 0.25) is 12.0 Å². The van der Waals surface area contributed by atoms with Gasteiger partial charge in [-0.3, -0.25) is 14.6 Å². The number of carbonyl (C=O) groups is 1. The maximum Gasteiger partial charge on any atom is 0.234 e. The molecule has 1 fully saturated rings. The van der Waals surface area contributed by atoms with Crippen LogP contribution in [-0.4, -0.2) is 53.2 Å². The lowest BCUT2D eigenvalue weighted by atomic mass is 10.1. The van der Waals surface area contributed by atoms with Gasteiger partial charge in [-0.2, -0.15) is 0 Å². The lowest BCUT2D eigenvalue weighted by Gasteiger charge is -2.45. The summed E-state index contributed by atoms with van der Waals surface area (Å²) in [6.07, 6.45) is 10.8. The average molecular weight is 389 g/mol. The van der Waals surface area contributed by atoms with Crippen molar-refractivity contribution in [3.63, 3.8) is 0 Å². The first kappa shape index (κ1) is 20.3. The van der Waals surface area contributed by atoms with Crippen LogP contribution in [-0.2, 0) is 9.59 Å². The van der Waals surface area contributed by atoms with Gasteiger partial charge in [-0.05, 0) is 25.7 Å². The minimum absolute atomic E-state index is 0.199. The van der Waals surface area contributed by atoms with Crippen LogP contribution in [0.1, 0.15) is 57.8 Å². The number of primary amides is 1. The van der Waals surface area contributed by atoms with Gasteiger partial charge in [0.1, 0.15) is 0 Å². The van der Waals surface area contributed by atoms with E-state index in [1.54, 1.807) is 6.08 Å². The molecule has 0 aromatic rings. The molecule has 0 aromatic heterocycles. The van der Waals surface area contributed by atoms with Crippen LogP contribution in [0.2, 0.25) is 0 Å². The van der Waals surface area contributed by atoms with Gasteiger partial charge in [-0.15, -0.1) is 0 Å². The smallest absolute Gasteiger partial charge is 0.234 e. The van der Waals surface area contributed by atoms with E-state index in [0.29, 0.717) is 17.9 Å². The van der Waals surface area contributed by atoms with Crippen molar-refractivity contribution >= 4 is 27.9 Å². The van der Waals surface area contributed by atoms with Crippen molar-refractivity contribution < 1.29 is 9.59 Å². The minimum atomic E-state index is -0.199. The average Bonchev–Trinajstić information content (AvgIpc) is 2.47. The number of hydrogen-bond donors (Lipinski definition) is 1. The van der Waals surface area contributed by atoms with Crippen LogP contribution >= 0.6 is 15.9 Å². The molecule has 0 aliphatic carbocycles. The number of unbranched alkanes of at least 4 members (excludes halogenated alkanes) is 5. The normalized spacial score (nSPS) is 16.6. The molecule has 1 heterocycles. The van der Waals surface area contributed by atoms with Crippen molar-refractivity contribution in [2.45, 2.75) is 62.7 Å². The number of hydrogen-bond acceptors (Lipinski definition) is 5. The van der Waals surface area contributed by atoms with Crippen LogP contribution < -0.4 is 5.73 Å². The second-order valence-electron chi connectivity index (χ2n) is 6.15. The second-order valence-corrected chi connectivity index (χ2v) is 7.21. The molecule has 1 aliphatic rings. The predicted octanol–water partition coefficient (Wildman–Crippen LogP) is 2.57. The number of nitrogens with zero attached hydrogens (tertiary/aromatic N) is 3. The topological polar surface area (TPSA) is 79.0 Å². The zero-order chi connectivity index (χ0) is 16.9. The van der Waals surface area contributed by atoms with Crippen LogP contribution in [0.3, 0.4) is 0 Å². The molecule has 0 spiro atoms. The van der Waals surface area contributed by atoms with E-state index >= 15 is 0 Å². The first-order valence-corrected chi connectivity index (χ1v) is 9.47. The van der Waals surface area contributed by atoms with Gasteiger partial charge in [0, 0.05) is 13.0 Å². The van der Waals surface area contributed by atoms with Gasteiger partial charge < -0.3 is 5.73 Å². The molecule has 1 aliphatic heterocycles. The number of aliphatic imine (C=N–C) groups is 1. The summed E-state index contributed by atoms with van der Waals surface area (Å²) in [4.78, 5) is 29.4. The summed E-state index contributed by atoms with van der Waals surface area (Å²) in [5.41, 5.74) is 5.13. The molecular formula is C16H29BrN4O2. The number of carbonyl (C=O) groups excluding carboxylic acids is 2. The molecule has 0 aromatic carbocycles. The Kier molecular flexibility index (Phi) is 11.2. The van der Waals surface area contributed by atoms with E-state index in [1.165, 1.54) is 12.8 Å². The third kappa shape index (κ3) is 9.87. The molecule has 1 atom stereocenters. The molecule has 0 bridgehead atoms. The summed E-state index contributed by atoms with van der Waals surface area (Å²) in [6.45, 7) is 3.83. The Labute approximate surface area is 147 Å². The Bertz CT molecular complexity index is 382. The highest BCUT2D eigenvalue weighted by Gasteiger charge is 2.27. The van der Waals surface area contributed by atoms with Crippen molar-refractivity contribution in [3.05, 3.63) is 0 Å². The summed E-state index contributed by atoms with van der Waals surface area (Å²) < 4.78 is 0. The van der Waals surface area contributed by atoms with Crippen LogP contribution in [0.15, 0.2) is 4.99 Å². The van der Waals surface area contributed by atoms with Crippen LogP contribution in [0.25, 0.3) is 0 Å². The maximum absolute atomic E-state index is 10.6. The van der Waals surface area contributed by atoms with E-state index in [-0.39, 0.29) is 5.91 Å².